The predicted molar refractivity (Wildman–Crippen MR) is 90.4 cm³/mol. The summed E-state index contributed by atoms with van der Waals surface area (Å²) in [5.41, 5.74) is 1.69. The molecule has 0 spiro atoms. The molecule has 0 aliphatic heterocycles. The molecular formula is C15H12INO3S. The Morgan fingerprint density at radius 1 is 1.19 bits per heavy atom. The Kier molecular flexibility index (Phi) is 3.99. The summed E-state index contributed by atoms with van der Waals surface area (Å²) in [6, 6.07) is 7.17. The lowest BCUT2D eigenvalue weighted by molar-refractivity contribution is 0.0697. The van der Waals surface area contributed by atoms with Gasteiger partial charge in [0, 0.05) is 14.0 Å². The van der Waals surface area contributed by atoms with Crippen molar-refractivity contribution in [3.63, 3.8) is 0 Å². The molecule has 0 bridgehead atoms. The van der Waals surface area contributed by atoms with Gasteiger partial charge in [-0.05, 0) is 71.7 Å². The van der Waals surface area contributed by atoms with Crippen LogP contribution >= 0.6 is 33.9 Å². The number of rotatable bonds is 3. The van der Waals surface area contributed by atoms with Gasteiger partial charge in [-0.25, -0.2) is 4.79 Å². The van der Waals surface area contributed by atoms with Crippen LogP contribution < -0.4 is 5.32 Å². The van der Waals surface area contributed by atoms with E-state index in [1.54, 1.807) is 12.1 Å². The summed E-state index contributed by atoms with van der Waals surface area (Å²) < 4.78 is 1.05. The highest BCUT2D eigenvalue weighted by Crippen LogP contribution is 2.39. The van der Waals surface area contributed by atoms with Gasteiger partial charge < -0.3 is 10.4 Å². The number of hydrogen-bond acceptors (Lipinski definition) is 3. The first-order valence-electron chi connectivity index (χ1n) is 6.51. The van der Waals surface area contributed by atoms with Gasteiger partial charge in [-0.15, -0.1) is 11.3 Å². The van der Waals surface area contributed by atoms with Gasteiger partial charge in [0.2, 0.25) is 0 Å². The van der Waals surface area contributed by atoms with Gasteiger partial charge >= 0.3 is 5.97 Å². The molecular weight excluding hydrogens is 401 g/mol. The summed E-state index contributed by atoms with van der Waals surface area (Å²) in [6.07, 6.45) is 2.68. The molecule has 2 aromatic rings. The zero-order chi connectivity index (χ0) is 15.0. The van der Waals surface area contributed by atoms with Crippen LogP contribution in [0.3, 0.4) is 0 Å². The monoisotopic (exact) mass is 413 g/mol. The van der Waals surface area contributed by atoms with Gasteiger partial charge in [-0.2, -0.15) is 0 Å². The van der Waals surface area contributed by atoms with E-state index in [-0.39, 0.29) is 11.5 Å². The highest BCUT2D eigenvalue weighted by molar-refractivity contribution is 14.1. The highest BCUT2D eigenvalue weighted by Gasteiger charge is 2.27. The maximum atomic E-state index is 12.2. The molecule has 0 saturated carbocycles. The summed E-state index contributed by atoms with van der Waals surface area (Å²) in [6.45, 7) is 0. The van der Waals surface area contributed by atoms with Crippen LogP contribution in [0.15, 0.2) is 24.3 Å². The topological polar surface area (TPSA) is 66.4 Å². The molecule has 0 saturated heterocycles. The van der Waals surface area contributed by atoms with Crippen LogP contribution in [0.2, 0.25) is 0 Å². The van der Waals surface area contributed by atoms with E-state index in [9.17, 15) is 14.7 Å². The Morgan fingerprint density at radius 3 is 2.57 bits per heavy atom. The Balaban J connectivity index is 1.90. The second kappa shape index (κ2) is 5.76. The molecule has 2 N–H and O–H groups in total. The molecule has 0 radical (unpaired) electrons. The summed E-state index contributed by atoms with van der Waals surface area (Å²) in [5, 5.41) is 12.6. The molecule has 1 aromatic carbocycles. The van der Waals surface area contributed by atoms with Gasteiger partial charge in [-0.3, -0.25) is 4.79 Å². The third-order valence-corrected chi connectivity index (χ3v) is 5.40. The van der Waals surface area contributed by atoms with Crippen molar-refractivity contribution >= 4 is 50.8 Å². The molecule has 1 aromatic heterocycles. The van der Waals surface area contributed by atoms with Crippen molar-refractivity contribution < 1.29 is 14.7 Å². The molecule has 0 unspecified atom stereocenters. The average Bonchev–Trinajstić information content (AvgIpc) is 2.98. The second-order valence-electron chi connectivity index (χ2n) is 4.83. The van der Waals surface area contributed by atoms with E-state index in [0.29, 0.717) is 10.6 Å². The number of carbonyl (C=O) groups excluding carboxylic acids is 1. The molecule has 1 heterocycles. The zero-order valence-electron chi connectivity index (χ0n) is 11.0. The van der Waals surface area contributed by atoms with Crippen molar-refractivity contribution in [1.82, 2.24) is 0 Å². The van der Waals surface area contributed by atoms with Crippen molar-refractivity contribution in [3.05, 3.63) is 49.4 Å². The third kappa shape index (κ3) is 2.82. The number of halogens is 1. The Hall–Kier alpha value is -1.41. The van der Waals surface area contributed by atoms with Crippen LogP contribution in [-0.2, 0) is 12.8 Å². The number of carbonyl (C=O) groups is 2. The highest BCUT2D eigenvalue weighted by atomic mass is 127. The minimum absolute atomic E-state index is 0.270. The van der Waals surface area contributed by atoms with Gasteiger partial charge in [0.25, 0.3) is 5.91 Å². The summed E-state index contributed by atoms with van der Waals surface area (Å²) >= 11 is 3.56. The smallest absolute Gasteiger partial charge is 0.339 e. The molecule has 1 aliphatic rings. The lowest BCUT2D eigenvalue weighted by Gasteiger charge is -2.05. The Labute approximate surface area is 139 Å². The van der Waals surface area contributed by atoms with Gasteiger partial charge in [0.05, 0.1) is 5.56 Å². The minimum Gasteiger partial charge on any atom is -0.478 e. The molecule has 4 nitrogen and oxygen atoms in total. The maximum Gasteiger partial charge on any atom is 0.339 e. The maximum absolute atomic E-state index is 12.2. The fraction of sp³-hybridized carbons (Fsp3) is 0.200. The number of hydrogen-bond donors (Lipinski definition) is 2. The van der Waals surface area contributed by atoms with Crippen molar-refractivity contribution in [1.29, 1.82) is 0 Å². The van der Waals surface area contributed by atoms with Crippen LogP contribution in [0.5, 0.6) is 0 Å². The van der Waals surface area contributed by atoms with Crippen LogP contribution in [-0.4, -0.2) is 17.0 Å². The second-order valence-corrected chi connectivity index (χ2v) is 7.18. The zero-order valence-corrected chi connectivity index (χ0v) is 14.0. The fourth-order valence-corrected chi connectivity index (χ4v) is 4.13. The van der Waals surface area contributed by atoms with Crippen LogP contribution in [0.4, 0.5) is 5.00 Å². The summed E-state index contributed by atoms with van der Waals surface area (Å²) in [5.74, 6) is -1.24. The Morgan fingerprint density at radius 2 is 1.90 bits per heavy atom. The molecule has 0 atom stereocenters. The number of anilines is 1. The van der Waals surface area contributed by atoms with E-state index >= 15 is 0 Å². The number of carboxylic acids is 1. The lowest BCUT2D eigenvalue weighted by atomic mass is 10.1. The van der Waals surface area contributed by atoms with Crippen LogP contribution in [0.25, 0.3) is 0 Å². The molecule has 3 rings (SSSR count). The number of carboxylic acid groups (broad SMARTS) is 1. The predicted octanol–water partition coefficient (Wildman–Crippen LogP) is 3.79. The van der Waals surface area contributed by atoms with E-state index in [4.69, 9.17) is 0 Å². The largest absolute Gasteiger partial charge is 0.478 e. The summed E-state index contributed by atoms with van der Waals surface area (Å²) in [7, 11) is 0. The van der Waals surface area contributed by atoms with E-state index in [1.165, 1.54) is 11.3 Å². The van der Waals surface area contributed by atoms with Gasteiger partial charge in [0.1, 0.15) is 5.00 Å². The van der Waals surface area contributed by atoms with E-state index in [0.717, 1.165) is 33.3 Å². The minimum atomic E-state index is -0.965. The van der Waals surface area contributed by atoms with E-state index in [2.05, 4.69) is 27.9 Å². The number of fused-ring (bicyclic) bond motifs is 1. The summed E-state index contributed by atoms with van der Waals surface area (Å²) in [4.78, 5) is 24.8. The van der Waals surface area contributed by atoms with Crippen molar-refractivity contribution in [2.75, 3.05) is 5.32 Å². The molecule has 1 amide bonds. The normalized spacial score (nSPS) is 13.0. The van der Waals surface area contributed by atoms with E-state index < -0.39 is 5.97 Å². The van der Waals surface area contributed by atoms with Crippen LogP contribution in [0.1, 0.15) is 37.6 Å². The SMILES string of the molecule is O=C(Nc1sc2c(c1C(=O)O)CCC2)c1ccc(I)cc1. The molecule has 6 heteroatoms. The first-order valence-corrected chi connectivity index (χ1v) is 8.40. The quantitative estimate of drug-likeness (QED) is 0.753. The van der Waals surface area contributed by atoms with Crippen molar-refractivity contribution in [3.8, 4) is 0 Å². The first kappa shape index (κ1) is 14.5. The van der Waals surface area contributed by atoms with E-state index in [1.807, 2.05) is 12.1 Å². The number of benzene rings is 1. The number of amides is 1. The Bertz CT molecular complexity index is 721. The molecule has 108 valence electrons. The molecule has 1 aliphatic carbocycles. The number of thiophene rings is 1. The average molecular weight is 413 g/mol. The lowest BCUT2D eigenvalue weighted by Crippen LogP contribution is -2.13. The number of nitrogens with one attached hydrogen (secondary N) is 1. The van der Waals surface area contributed by atoms with Gasteiger partial charge in [0.15, 0.2) is 0 Å². The molecule has 0 fully saturated rings. The van der Waals surface area contributed by atoms with Crippen LogP contribution in [0, 0.1) is 3.57 Å². The van der Waals surface area contributed by atoms with Gasteiger partial charge in [-0.1, -0.05) is 0 Å². The van der Waals surface area contributed by atoms with Crippen molar-refractivity contribution in [2.45, 2.75) is 19.3 Å². The number of aromatic carboxylic acids is 1. The third-order valence-electron chi connectivity index (χ3n) is 3.47. The molecule has 21 heavy (non-hydrogen) atoms. The standard InChI is InChI=1S/C15H12INO3S/c16-9-6-4-8(5-7-9)13(18)17-14-12(15(19)20)10-2-1-3-11(10)21-14/h4-7H,1-3H2,(H,17,18)(H,19,20). The fourth-order valence-electron chi connectivity index (χ4n) is 2.50. The number of aryl methyl sites for hydroxylation is 1. The van der Waals surface area contributed by atoms with Crippen molar-refractivity contribution in [2.24, 2.45) is 0 Å². The first-order chi connectivity index (χ1) is 10.1.